The molecule has 0 N–H and O–H groups in total. The molecule has 0 bridgehead atoms. The van der Waals surface area contributed by atoms with Gasteiger partial charge < -0.3 is 0 Å². The van der Waals surface area contributed by atoms with Crippen LogP contribution in [0.15, 0.2) is 0 Å². The zero-order valence-electron chi connectivity index (χ0n) is 2.57. The van der Waals surface area contributed by atoms with E-state index in [2.05, 4.69) is 23.2 Å². The summed E-state index contributed by atoms with van der Waals surface area (Å²) in [5.74, 6) is 0. The highest BCUT2D eigenvalue weighted by Gasteiger charge is 2.01. The van der Waals surface area contributed by atoms with Gasteiger partial charge in [-0.25, -0.2) is 0 Å². The van der Waals surface area contributed by atoms with Gasteiger partial charge in [0.15, 0.2) is 0 Å². The van der Waals surface area contributed by atoms with Crippen LogP contribution in [0.25, 0.3) is 0 Å². The Hall–Kier alpha value is -0.0800. The predicted molar refractivity (Wildman–Crippen MR) is 28.5 cm³/mol. The lowest BCUT2D eigenvalue weighted by molar-refractivity contribution is -0.127. The van der Waals surface area contributed by atoms with Gasteiger partial charge in [-0.1, -0.05) is 7.43 Å². The molecule has 0 saturated carbocycles. The van der Waals surface area contributed by atoms with Crippen molar-refractivity contribution in [2.75, 3.05) is 0 Å². The zero-order chi connectivity index (χ0) is 5.15. The highest BCUT2D eigenvalue weighted by Crippen LogP contribution is 1.84. The summed E-state index contributed by atoms with van der Waals surface area (Å²) in [5.41, 5.74) is 0. The van der Waals surface area contributed by atoms with Gasteiger partial charge in [-0.15, -0.1) is 0 Å². The van der Waals surface area contributed by atoms with Crippen molar-refractivity contribution in [3.63, 3.8) is 0 Å². The first-order chi connectivity index (χ1) is 2.64. The maximum absolute atomic E-state index is 9.43. The Morgan fingerprint density at radius 2 is 1.14 bits per heavy atom. The molecule has 0 fully saturated rings. The molecule has 0 spiro atoms. The molecule has 0 aliphatic carbocycles. The van der Waals surface area contributed by atoms with Crippen LogP contribution in [0.4, 0.5) is 0 Å². The second kappa shape index (κ2) is 4.09. The molecule has 0 aromatic heterocycles. The Bertz CT molecular complexity index is 76.9. The zero-order valence-corrected chi connectivity index (χ0v) is 4.08. The van der Waals surface area contributed by atoms with E-state index in [0.717, 1.165) is 0 Å². The largest absolute Gasteiger partial charge is 0.304 e. The Kier molecular flexibility index (Phi) is 5.85. The molecule has 0 atom stereocenters. The third-order valence-corrected chi connectivity index (χ3v) is 0.595. The second-order valence-electron chi connectivity index (χ2n) is 0.547. The van der Waals surface area contributed by atoms with Crippen LogP contribution in [0.1, 0.15) is 7.43 Å². The standard InChI is InChI=1S/C2Cl2O2.CH4/c3-1(5)2(4)6;/h;1H4. The first-order valence-corrected chi connectivity index (χ1v) is 1.79. The summed E-state index contributed by atoms with van der Waals surface area (Å²) >= 11 is 8.98. The van der Waals surface area contributed by atoms with Crippen LogP contribution in [-0.2, 0) is 9.59 Å². The lowest BCUT2D eigenvalue weighted by Crippen LogP contribution is -1.94. The normalized spacial score (nSPS) is 6.57. The maximum atomic E-state index is 9.43. The SMILES string of the molecule is C.O=C(Cl)C(=O)Cl. The number of carbonyl (C=O) groups is 2. The van der Waals surface area contributed by atoms with Gasteiger partial charge in [0.25, 0.3) is 0 Å². The molecule has 42 valence electrons. The van der Waals surface area contributed by atoms with Crippen LogP contribution in [-0.4, -0.2) is 10.5 Å². The van der Waals surface area contributed by atoms with Crippen molar-refractivity contribution < 1.29 is 9.59 Å². The minimum Gasteiger partial charge on any atom is -0.271 e. The van der Waals surface area contributed by atoms with E-state index in [-0.39, 0.29) is 7.43 Å². The van der Waals surface area contributed by atoms with Gasteiger partial charge >= 0.3 is 10.5 Å². The van der Waals surface area contributed by atoms with E-state index >= 15 is 0 Å². The predicted octanol–water partition coefficient (Wildman–Crippen LogP) is 1.15. The van der Waals surface area contributed by atoms with Gasteiger partial charge in [0.2, 0.25) is 0 Å². The van der Waals surface area contributed by atoms with Gasteiger partial charge in [0, 0.05) is 0 Å². The van der Waals surface area contributed by atoms with Gasteiger partial charge in [-0.3, -0.25) is 9.59 Å². The molecule has 4 heteroatoms. The Balaban J connectivity index is 0. The molecular formula is C3H4Cl2O2. The molecule has 0 aromatic rings. The summed E-state index contributed by atoms with van der Waals surface area (Å²) in [7, 11) is 0. The summed E-state index contributed by atoms with van der Waals surface area (Å²) in [4.78, 5) is 18.9. The fourth-order valence-corrected chi connectivity index (χ4v) is 0. The minimum atomic E-state index is -1.14. The topological polar surface area (TPSA) is 34.1 Å². The minimum absolute atomic E-state index is 0. The van der Waals surface area contributed by atoms with E-state index < -0.39 is 10.5 Å². The Labute approximate surface area is 51.4 Å². The van der Waals surface area contributed by atoms with Crippen molar-refractivity contribution in [2.24, 2.45) is 0 Å². The van der Waals surface area contributed by atoms with Gasteiger partial charge in [-0.2, -0.15) is 0 Å². The molecule has 0 aliphatic rings. The van der Waals surface area contributed by atoms with Gasteiger partial charge in [0.1, 0.15) is 0 Å². The molecule has 7 heavy (non-hydrogen) atoms. The third kappa shape index (κ3) is 5.92. The fourth-order valence-electron chi connectivity index (χ4n) is 0. The van der Waals surface area contributed by atoms with Crippen molar-refractivity contribution in [1.82, 2.24) is 0 Å². The molecule has 0 heterocycles. The number of hydrogen-bond donors (Lipinski definition) is 0. The highest BCUT2D eigenvalue weighted by atomic mass is 35.5. The molecule has 0 saturated heterocycles. The lowest BCUT2D eigenvalue weighted by atomic mass is 10.9. The van der Waals surface area contributed by atoms with Crippen molar-refractivity contribution in [2.45, 2.75) is 7.43 Å². The summed E-state index contributed by atoms with van der Waals surface area (Å²) in [6, 6.07) is 0. The fraction of sp³-hybridized carbons (Fsp3) is 0.333. The maximum Gasteiger partial charge on any atom is 0.304 e. The molecular weight excluding hydrogens is 139 g/mol. The lowest BCUT2D eigenvalue weighted by Gasteiger charge is -1.67. The van der Waals surface area contributed by atoms with Crippen molar-refractivity contribution in [1.29, 1.82) is 0 Å². The summed E-state index contributed by atoms with van der Waals surface area (Å²) in [5, 5.41) is -2.28. The first-order valence-electron chi connectivity index (χ1n) is 1.04. The summed E-state index contributed by atoms with van der Waals surface area (Å²) in [6.07, 6.45) is 0. The summed E-state index contributed by atoms with van der Waals surface area (Å²) in [6.45, 7) is 0. The van der Waals surface area contributed by atoms with E-state index in [1.165, 1.54) is 0 Å². The number of carbonyl (C=O) groups excluding carboxylic acids is 2. The van der Waals surface area contributed by atoms with Crippen LogP contribution in [0.3, 0.4) is 0 Å². The van der Waals surface area contributed by atoms with Crippen molar-refractivity contribution in [3.05, 3.63) is 0 Å². The van der Waals surface area contributed by atoms with E-state index in [9.17, 15) is 9.59 Å². The Morgan fingerprint density at radius 3 is 1.14 bits per heavy atom. The van der Waals surface area contributed by atoms with Crippen molar-refractivity contribution >= 4 is 33.7 Å². The first kappa shape index (κ1) is 10.0. The quantitative estimate of drug-likeness (QED) is 0.407. The van der Waals surface area contributed by atoms with Gasteiger partial charge in [-0.05, 0) is 23.2 Å². The highest BCUT2D eigenvalue weighted by molar-refractivity contribution is 6.97. The van der Waals surface area contributed by atoms with E-state index in [0.29, 0.717) is 0 Å². The van der Waals surface area contributed by atoms with Crippen LogP contribution in [0.2, 0.25) is 0 Å². The smallest absolute Gasteiger partial charge is 0.271 e. The van der Waals surface area contributed by atoms with Gasteiger partial charge in [0.05, 0.1) is 0 Å². The van der Waals surface area contributed by atoms with Crippen LogP contribution in [0, 0.1) is 0 Å². The molecule has 0 aromatic carbocycles. The van der Waals surface area contributed by atoms with E-state index in [1.54, 1.807) is 0 Å². The molecule has 0 radical (unpaired) electrons. The number of hydrogen-bond acceptors (Lipinski definition) is 2. The summed E-state index contributed by atoms with van der Waals surface area (Å²) < 4.78 is 0. The second-order valence-corrected chi connectivity index (χ2v) is 1.23. The molecule has 0 aliphatic heterocycles. The van der Waals surface area contributed by atoms with E-state index in [1.807, 2.05) is 0 Å². The molecule has 0 unspecified atom stereocenters. The van der Waals surface area contributed by atoms with Crippen LogP contribution in [0.5, 0.6) is 0 Å². The number of halogens is 2. The van der Waals surface area contributed by atoms with Crippen LogP contribution < -0.4 is 0 Å². The van der Waals surface area contributed by atoms with Crippen LogP contribution >= 0.6 is 23.2 Å². The average Bonchev–Trinajstić information content (AvgIpc) is 1.36. The van der Waals surface area contributed by atoms with Crippen molar-refractivity contribution in [3.8, 4) is 0 Å². The average molecular weight is 143 g/mol. The monoisotopic (exact) mass is 142 g/mol. The molecule has 0 rings (SSSR count). The number of rotatable bonds is 1. The molecule has 0 amide bonds. The third-order valence-electron chi connectivity index (χ3n) is 0.155. The molecule has 2 nitrogen and oxygen atoms in total. The van der Waals surface area contributed by atoms with E-state index in [4.69, 9.17) is 0 Å². The Morgan fingerprint density at radius 1 is 1.00 bits per heavy atom.